The summed E-state index contributed by atoms with van der Waals surface area (Å²) in [5.74, 6) is -1.35. The average molecular weight is 512 g/mol. The normalized spacial score (nSPS) is 10.7. The van der Waals surface area contributed by atoms with Crippen LogP contribution in [-0.2, 0) is 24.2 Å². The van der Waals surface area contributed by atoms with Crippen LogP contribution in [0.15, 0.2) is 97.1 Å². The molecular formula is C32H30FNO4. The van der Waals surface area contributed by atoms with Crippen molar-refractivity contribution in [3.8, 4) is 16.9 Å². The Kier molecular flexibility index (Phi) is 8.88. The second-order valence-corrected chi connectivity index (χ2v) is 9.09. The Bertz CT molecular complexity index is 1390. The number of carboxylic acids is 1. The van der Waals surface area contributed by atoms with Crippen molar-refractivity contribution >= 4 is 11.9 Å². The highest BCUT2D eigenvalue weighted by molar-refractivity contribution is 5.97. The van der Waals surface area contributed by atoms with Crippen LogP contribution in [-0.4, -0.2) is 35.5 Å². The molecule has 4 aromatic rings. The maximum absolute atomic E-state index is 14.1. The molecule has 5 nitrogen and oxygen atoms in total. The number of halogens is 1. The second kappa shape index (κ2) is 12.7. The lowest BCUT2D eigenvalue weighted by Crippen LogP contribution is -2.32. The zero-order chi connectivity index (χ0) is 26.9. The number of aryl methyl sites for hydroxylation is 1. The van der Waals surface area contributed by atoms with Crippen molar-refractivity contribution in [3.63, 3.8) is 0 Å². The van der Waals surface area contributed by atoms with Crippen molar-refractivity contribution in [3.05, 3.63) is 125 Å². The van der Waals surface area contributed by atoms with Gasteiger partial charge in [0.15, 0.2) is 0 Å². The van der Waals surface area contributed by atoms with Gasteiger partial charge in [0, 0.05) is 13.1 Å². The number of rotatable bonds is 11. The minimum absolute atomic E-state index is 0.0584. The van der Waals surface area contributed by atoms with E-state index in [0.717, 1.165) is 35.1 Å². The molecule has 0 saturated heterocycles. The molecule has 0 aliphatic heterocycles. The van der Waals surface area contributed by atoms with E-state index in [9.17, 15) is 19.1 Å². The van der Waals surface area contributed by atoms with Crippen LogP contribution in [0, 0.1) is 5.82 Å². The Morgan fingerprint density at radius 3 is 2.29 bits per heavy atom. The van der Waals surface area contributed by atoms with Crippen LogP contribution >= 0.6 is 0 Å². The Labute approximate surface area is 222 Å². The minimum Gasteiger partial charge on any atom is -0.496 e. The third-order valence-electron chi connectivity index (χ3n) is 6.41. The lowest BCUT2D eigenvalue weighted by atomic mass is 9.97. The van der Waals surface area contributed by atoms with Gasteiger partial charge in [0.2, 0.25) is 0 Å². The third kappa shape index (κ3) is 6.85. The largest absolute Gasteiger partial charge is 0.496 e. The van der Waals surface area contributed by atoms with Crippen LogP contribution in [0.1, 0.15) is 33.5 Å². The molecule has 0 bridgehead atoms. The van der Waals surface area contributed by atoms with Crippen LogP contribution < -0.4 is 4.74 Å². The zero-order valence-corrected chi connectivity index (χ0v) is 21.3. The second-order valence-electron chi connectivity index (χ2n) is 9.09. The molecule has 1 N–H and O–H groups in total. The van der Waals surface area contributed by atoms with Crippen LogP contribution in [0.4, 0.5) is 4.39 Å². The number of amides is 1. The van der Waals surface area contributed by atoms with Crippen molar-refractivity contribution in [1.29, 1.82) is 0 Å². The first-order valence-corrected chi connectivity index (χ1v) is 12.5. The van der Waals surface area contributed by atoms with Crippen molar-refractivity contribution in [2.75, 3.05) is 13.7 Å². The maximum Gasteiger partial charge on any atom is 0.307 e. The highest BCUT2D eigenvalue weighted by Crippen LogP contribution is 2.26. The molecule has 0 saturated carbocycles. The van der Waals surface area contributed by atoms with Gasteiger partial charge in [-0.1, -0.05) is 78.9 Å². The first-order chi connectivity index (χ1) is 18.4. The van der Waals surface area contributed by atoms with Crippen LogP contribution in [0.2, 0.25) is 0 Å². The molecule has 0 aliphatic carbocycles. The topological polar surface area (TPSA) is 66.8 Å². The first kappa shape index (κ1) is 26.6. The molecule has 38 heavy (non-hydrogen) atoms. The molecule has 0 aliphatic rings. The van der Waals surface area contributed by atoms with Crippen molar-refractivity contribution in [1.82, 2.24) is 4.90 Å². The standard InChI is InChI=1S/C32H30FNO4/c1-38-30-18-17-27(33)21-29(30)32(37)34(19-7-10-23-8-3-2-4-9-23)22-24-13-15-25(16-14-24)28-12-6-5-11-26(28)20-31(35)36/h2-6,8-9,11-18,21H,7,10,19-20,22H2,1H3,(H,35,36). The summed E-state index contributed by atoms with van der Waals surface area (Å²) in [6, 6.07) is 29.2. The molecular weight excluding hydrogens is 481 g/mol. The van der Waals surface area contributed by atoms with Gasteiger partial charge in [0.25, 0.3) is 5.91 Å². The number of hydrogen-bond donors (Lipinski definition) is 1. The summed E-state index contributed by atoms with van der Waals surface area (Å²) in [5.41, 5.74) is 4.79. The Morgan fingerprint density at radius 1 is 0.868 bits per heavy atom. The monoisotopic (exact) mass is 511 g/mol. The van der Waals surface area contributed by atoms with Crippen molar-refractivity contribution < 1.29 is 23.8 Å². The lowest BCUT2D eigenvalue weighted by Gasteiger charge is -2.24. The predicted octanol–water partition coefficient (Wildman–Crippen LogP) is 6.40. The summed E-state index contributed by atoms with van der Waals surface area (Å²) in [7, 11) is 1.46. The molecule has 0 radical (unpaired) electrons. The van der Waals surface area contributed by atoms with Crippen LogP contribution in [0.25, 0.3) is 11.1 Å². The molecule has 0 spiro atoms. The molecule has 4 rings (SSSR count). The van der Waals surface area contributed by atoms with Crippen LogP contribution in [0.3, 0.4) is 0 Å². The summed E-state index contributed by atoms with van der Waals surface area (Å²) >= 11 is 0. The number of carboxylic acid groups (broad SMARTS) is 1. The number of aliphatic carboxylic acids is 1. The van der Waals surface area contributed by atoms with Gasteiger partial charge in [0.1, 0.15) is 11.6 Å². The Morgan fingerprint density at radius 2 is 1.58 bits per heavy atom. The number of methoxy groups -OCH3 is 1. The third-order valence-corrected chi connectivity index (χ3v) is 6.41. The average Bonchev–Trinajstić information content (AvgIpc) is 2.93. The molecule has 194 valence electrons. The number of carbonyl (C=O) groups is 2. The summed E-state index contributed by atoms with van der Waals surface area (Å²) in [6.45, 7) is 0.820. The number of carbonyl (C=O) groups excluding carboxylic acids is 1. The molecule has 0 unspecified atom stereocenters. The molecule has 4 aromatic carbocycles. The number of benzene rings is 4. The molecule has 0 atom stereocenters. The first-order valence-electron chi connectivity index (χ1n) is 12.5. The zero-order valence-electron chi connectivity index (χ0n) is 21.3. The van der Waals surface area contributed by atoms with Gasteiger partial charge in [-0.05, 0) is 58.9 Å². The fourth-order valence-corrected chi connectivity index (χ4v) is 4.52. The van der Waals surface area contributed by atoms with Gasteiger partial charge in [-0.15, -0.1) is 0 Å². The maximum atomic E-state index is 14.1. The predicted molar refractivity (Wildman–Crippen MR) is 146 cm³/mol. The smallest absolute Gasteiger partial charge is 0.307 e. The van der Waals surface area contributed by atoms with Crippen molar-refractivity contribution in [2.24, 2.45) is 0 Å². The number of ether oxygens (including phenoxy) is 1. The van der Waals surface area contributed by atoms with Crippen LogP contribution in [0.5, 0.6) is 5.75 Å². The van der Waals surface area contributed by atoms with Gasteiger partial charge in [-0.2, -0.15) is 0 Å². The summed E-state index contributed by atoms with van der Waals surface area (Å²) in [6.07, 6.45) is 1.50. The highest BCUT2D eigenvalue weighted by atomic mass is 19.1. The van der Waals surface area contributed by atoms with Gasteiger partial charge in [-0.25, -0.2) is 4.39 Å². The Hall–Kier alpha value is -4.45. The van der Waals surface area contributed by atoms with E-state index in [-0.39, 0.29) is 17.9 Å². The molecule has 0 aromatic heterocycles. The van der Waals surface area contributed by atoms with Gasteiger partial charge >= 0.3 is 5.97 Å². The van der Waals surface area contributed by atoms with E-state index in [4.69, 9.17) is 4.74 Å². The van der Waals surface area contributed by atoms with E-state index >= 15 is 0 Å². The van der Waals surface area contributed by atoms with E-state index in [1.54, 1.807) is 4.90 Å². The van der Waals surface area contributed by atoms with E-state index in [1.807, 2.05) is 66.7 Å². The molecule has 6 heteroatoms. The summed E-state index contributed by atoms with van der Waals surface area (Å²) in [4.78, 5) is 26.6. The SMILES string of the molecule is COc1ccc(F)cc1C(=O)N(CCCc1ccccc1)Cc1ccc(-c2ccccc2CC(=O)O)cc1. The quantitative estimate of drug-likeness (QED) is 0.253. The van der Waals surface area contributed by atoms with E-state index in [2.05, 4.69) is 12.1 Å². The minimum atomic E-state index is -0.883. The van der Waals surface area contributed by atoms with E-state index < -0.39 is 11.8 Å². The van der Waals surface area contributed by atoms with E-state index in [0.29, 0.717) is 18.8 Å². The molecule has 0 heterocycles. The fraction of sp³-hybridized carbons (Fsp3) is 0.188. The molecule has 1 amide bonds. The van der Waals surface area contributed by atoms with Crippen molar-refractivity contribution in [2.45, 2.75) is 25.8 Å². The Balaban J connectivity index is 1.56. The summed E-state index contributed by atoms with van der Waals surface area (Å²) in [5, 5.41) is 9.26. The highest BCUT2D eigenvalue weighted by Gasteiger charge is 2.21. The fourth-order valence-electron chi connectivity index (χ4n) is 4.52. The van der Waals surface area contributed by atoms with E-state index in [1.165, 1.54) is 30.9 Å². The van der Waals surface area contributed by atoms with Gasteiger partial charge in [0.05, 0.1) is 19.1 Å². The number of hydrogen-bond acceptors (Lipinski definition) is 3. The van der Waals surface area contributed by atoms with Gasteiger partial charge in [-0.3, -0.25) is 9.59 Å². The summed E-state index contributed by atoms with van der Waals surface area (Å²) < 4.78 is 19.4. The van der Waals surface area contributed by atoms with Gasteiger partial charge < -0.3 is 14.7 Å². The molecule has 0 fully saturated rings. The number of nitrogens with zero attached hydrogens (tertiary/aromatic N) is 1. The lowest BCUT2D eigenvalue weighted by molar-refractivity contribution is -0.136.